The molecule has 0 aliphatic carbocycles. The van der Waals surface area contributed by atoms with Crippen LogP contribution < -0.4 is 10.6 Å². The number of nitrogens with one attached hydrogen (secondary N) is 2. The topological polar surface area (TPSA) is 44.4 Å². The molecule has 0 aromatic carbocycles. The van der Waals surface area contributed by atoms with Crippen LogP contribution in [0, 0.1) is 0 Å². The first kappa shape index (κ1) is 13.4. The van der Waals surface area contributed by atoms with Crippen LogP contribution in [0.5, 0.6) is 0 Å². The molecule has 4 heteroatoms. The van der Waals surface area contributed by atoms with Gasteiger partial charge in [0, 0.05) is 13.1 Å². The van der Waals surface area contributed by atoms with Crippen molar-refractivity contribution in [1.29, 1.82) is 0 Å². The fraction of sp³-hybridized carbons (Fsp3) is 0.900. The fourth-order valence-corrected chi connectivity index (χ4v) is 1.16. The van der Waals surface area contributed by atoms with Crippen molar-refractivity contribution in [3.05, 3.63) is 0 Å². The van der Waals surface area contributed by atoms with Crippen molar-refractivity contribution in [3.63, 3.8) is 0 Å². The van der Waals surface area contributed by atoms with E-state index < -0.39 is 0 Å². The Bertz CT molecular complexity index is 157. The summed E-state index contributed by atoms with van der Waals surface area (Å²) < 4.78 is 0. The number of hydrogen-bond acceptors (Lipinski definition) is 3. The van der Waals surface area contributed by atoms with E-state index in [9.17, 15) is 4.79 Å². The molecule has 0 heterocycles. The van der Waals surface area contributed by atoms with E-state index in [2.05, 4.69) is 29.4 Å². The lowest BCUT2D eigenvalue weighted by molar-refractivity contribution is -0.122. The first-order chi connectivity index (χ1) is 6.65. The predicted molar refractivity (Wildman–Crippen MR) is 59.3 cm³/mol. The van der Waals surface area contributed by atoms with Crippen molar-refractivity contribution < 1.29 is 4.79 Å². The largest absolute Gasteiger partial charge is 0.353 e. The molecule has 0 rings (SSSR count). The third kappa shape index (κ3) is 5.19. The van der Waals surface area contributed by atoms with E-state index in [0.717, 1.165) is 26.2 Å². The van der Waals surface area contributed by atoms with Gasteiger partial charge < -0.3 is 15.5 Å². The molecule has 0 radical (unpaired) electrons. The van der Waals surface area contributed by atoms with Crippen LogP contribution >= 0.6 is 0 Å². The van der Waals surface area contributed by atoms with Crippen LogP contribution in [0.15, 0.2) is 0 Å². The van der Waals surface area contributed by atoms with Crippen molar-refractivity contribution in [3.8, 4) is 0 Å². The third-order valence-corrected chi connectivity index (χ3v) is 2.45. The highest BCUT2D eigenvalue weighted by atomic mass is 16.2. The molecule has 4 nitrogen and oxygen atoms in total. The minimum absolute atomic E-state index is 0.0691. The zero-order valence-electron chi connectivity index (χ0n) is 9.76. The molecule has 0 bridgehead atoms. The zero-order valence-corrected chi connectivity index (χ0v) is 9.76. The molecule has 0 aromatic heterocycles. The number of hydrogen-bond donors (Lipinski definition) is 2. The highest BCUT2D eigenvalue weighted by molar-refractivity contribution is 5.81. The van der Waals surface area contributed by atoms with Crippen LogP contribution in [-0.4, -0.2) is 50.1 Å². The number of likely N-dealkylation sites (N-methyl/N-ethyl adjacent to an activating group) is 2. The normalized spacial score (nSPS) is 12.9. The summed E-state index contributed by atoms with van der Waals surface area (Å²) >= 11 is 0. The van der Waals surface area contributed by atoms with E-state index in [1.54, 1.807) is 7.05 Å². The van der Waals surface area contributed by atoms with E-state index >= 15 is 0 Å². The molecular weight excluding hydrogens is 178 g/mol. The van der Waals surface area contributed by atoms with Crippen LogP contribution in [0.3, 0.4) is 0 Å². The summed E-state index contributed by atoms with van der Waals surface area (Å²) in [5.74, 6) is 0.0691. The van der Waals surface area contributed by atoms with Crippen LogP contribution in [0.2, 0.25) is 0 Å². The highest BCUT2D eigenvalue weighted by Gasteiger charge is 2.08. The smallest absolute Gasteiger partial charge is 0.236 e. The predicted octanol–water partition coefficient (Wildman–Crippen LogP) is 0.0523. The number of amides is 1. The molecule has 84 valence electrons. The molecule has 0 fully saturated rings. The molecule has 2 N–H and O–H groups in total. The summed E-state index contributed by atoms with van der Waals surface area (Å²) in [5.41, 5.74) is 0. The van der Waals surface area contributed by atoms with Gasteiger partial charge in [-0.3, -0.25) is 4.79 Å². The lowest BCUT2D eigenvalue weighted by Gasteiger charge is -2.18. The van der Waals surface area contributed by atoms with Crippen LogP contribution in [0.25, 0.3) is 0 Å². The SMILES string of the molecule is CCN(CC)CCNC(=O)C(C)NC. The molecule has 0 aliphatic heterocycles. The fourth-order valence-electron chi connectivity index (χ4n) is 1.16. The van der Waals surface area contributed by atoms with Crippen molar-refractivity contribution >= 4 is 5.91 Å². The maximum Gasteiger partial charge on any atom is 0.236 e. The molecule has 0 saturated heterocycles. The number of nitrogens with zero attached hydrogens (tertiary/aromatic N) is 1. The summed E-state index contributed by atoms with van der Waals surface area (Å²) in [4.78, 5) is 13.6. The van der Waals surface area contributed by atoms with Crippen LogP contribution in [-0.2, 0) is 4.79 Å². The molecule has 0 aliphatic rings. The summed E-state index contributed by atoms with van der Waals surface area (Å²) in [7, 11) is 1.79. The number of carbonyl (C=O) groups is 1. The number of carbonyl (C=O) groups excluding carboxylic acids is 1. The molecule has 0 saturated carbocycles. The second kappa shape index (κ2) is 7.76. The average Bonchev–Trinajstić information content (AvgIpc) is 2.22. The van der Waals surface area contributed by atoms with Gasteiger partial charge in [-0.1, -0.05) is 13.8 Å². The molecule has 1 unspecified atom stereocenters. The Morgan fingerprint density at radius 2 is 1.93 bits per heavy atom. The van der Waals surface area contributed by atoms with E-state index in [4.69, 9.17) is 0 Å². The van der Waals surface area contributed by atoms with E-state index in [0.29, 0.717) is 0 Å². The summed E-state index contributed by atoms with van der Waals surface area (Å²) in [5, 5.41) is 5.79. The van der Waals surface area contributed by atoms with Gasteiger partial charge in [-0.15, -0.1) is 0 Å². The molecule has 1 atom stereocenters. The van der Waals surface area contributed by atoms with Crippen molar-refractivity contribution in [1.82, 2.24) is 15.5 Å². The molecule has 0 spiro atoms. The Balaban J connectivity index is 3.57. The first-order valence-electron chi connectivity index (χ1n) is 5.33. The van der Waals surface area contributed by atoms with Crippen molar-refractivity contribution in [2.24, 2.45) is 0 Å². The number of rotatable bonds is 7. The van der Waals surface area contributed by atoms with Gasteiger partial charge in [0.2, 0.25) is 5.91 Å². The van der Waals surface area contributed by atoms with Crippen molar-refractivity contribution in [2.45, 2.75) is 26.8 Å². The molecular formula is C10H23N3O. The van der Waals surface area contributed by atoms with Gasteiger partial charge in [-0.05, 0) is 27.1 Å². The minimum atomic E-state index is -0.105. The maximum absolute atomic E-state index is 11.3. The first-order valence-corrected chi connectivity index (χ1v) is 5.33. The quantitative estimate of drug-likeness (QED) is 0.612. The van der Waals surface area contributed by atoms with Gasteiger partial charge in [0.1, 0.15) is 0 Å². The standard InChI is InChI=1S/C10H23N3O/c1-5-13(6-2)8-7-12-10(14)9(3)11-4/h9,11H,5-8H2,1-4H3,(H,12,14). The minimum Gasteiger partial charge on any atom is -0.353 e. The Hall–Kier alpha value is -0.610. The second-order valence-corrected chi connectivity index (χ2v) is 3.33. The Morgan fingerprint density at radius 1 is 1.36 bits per heavy atom. The monoisotopic (exact) mass is 201 g/mol. The van der Waals surface area contributed by atoms with Gasteiger partial charge in [0.25, 0.3) is 0 Å². The lowest BCUT2D eigenvalue weighted by Crippen LogP contribution is -2.43. The molecule has 14 heavy (non-hydrogen) atoms. The van der Waals surface area contributed by atoms with Crippen molar-refractivity contribution in [2.75, 3.05) is 33.2 Å². The summed E-state index contributed by atoms with van der Waals surface area (Å²) in [6.45, 7) is 9.83. The van der Waals surface area contributed by atoms with E-state index in [1.165, 1.54) is 0 Å². The van der Waals surface area contributed by atoms with Crippen LogP contribution in [0.1, 0.15) is 20.8 Å². The van der Waals surface area contributed by atoms with Gasteiger partial charge in [-0.25, -0.2) is 0 Å². The average molecular weight is 201 g/mol. The summed E-state index contributed by atoms with van der Waals surface area (Å²) in [6.07, 6.45) is 0. The molecule has 0 aromatic rings. The zero-order chi connectivity index (χ0) is 11.0. The lowest BCUT2D eigenvalue weighted by atomic mass is 10.3. The van der Waals surface area contributed by atoms with Gasteiger partial charge in [-0.2, -0.15) is 0 Å². The Labute approximate surface area is 87.0 Å². The Kier molecular flexibility index (Phi) is 7.42. The van der Waals surface area contributed by atoms with Gasteiger partial charge in [0.05, 0.1) is 6.04 Å². The molecule has 1 amide bonds. The highest BCUT2D eigenvalue weighted by Crippen LogP contribution is 1.85. The van der Waals surface area contributed by atoms with Gasteiger partial charge >= 0.3 is 0 Å². The van der Waals surface area contributed by atoms with Crippen LogP contribution in [0.4, 0.5) is 0 Å². The summed E-state index contributed by atoms with van der Waals surface area (Å²) in [6, 6.07) is -0.105. The maximum atomic E-state index is 11.3. The Morgan fingerprint density at radius 3 is 2.36 bits per heavy atom. The third-order valence-electron chi connectivity index (χ3n) is 2.45. The second-order valence-electron chi connectivity index (χ2n) is 3.33. The van der Waals surface area contributed by atoms with E-state index in [1.807, 2.05) is 6.92 Å². The van der Waals surface area contributed by atoms with Gasteiger partial charge in [0.15, 0.2) is 0 Å². The van der Waals surface area contributed by atoms with E-state index in [-0.39, 0.29) is 11.9 Å².